The van der Waals surface area contributed by atoms with E-state index in [0.717, 1.165) is 6.54 Å². The maximum Gasteiger partial charge on any atom is 0.219 e. The summed E-state index contributed by atoms with van der Waals surface area (Å²) in [6, 6.07) is 0. The van der Waals surface area contributed by atoms with Crippen molar-refractivity contribution >= 4 is 17.5 Å². The second-order valence-corrected chi connectivity index (χ2v) is 4.79. The third kappa shape index (κ3) is 4.27. The lowest BCUT2D eigenvalue weighted by Crippen LogP contribution is -2.36. The van der Waals surface area contributed by atoms with E-state index in [4.69, 9.17) is 10.5 Å². The number of rotatable bonds is 7. The number of ether oxygens (including phenoxy) is 1. The SMILES string of the molecule is CCNc1ncnc(NC(C)(C)CC(N)=O)c1OC. The average Bonchev–Trinajstić information content (AvgIpc) is 2.27. The van der Waals surface area contributed by atoms with Crippen molar-refractivity contribution in [2.24, 2.45) is 5.73 Å². The molecule has 0 unspecified atom stereocenters. The number of aromatic nitrogens is 2. The van der Waals surface area contributed by atoms with Crippen molar-refractivity contribution in [2.45, 2.75) is 32.7 Å². The lowest BCUT2D eigenvalue weighted by molar-refractivity contribution is -0.118. The molecule has 1 aromatic rings. The Morgan fingerprint density at radius 2 is 2.05 bits per heavy atom. The number of carbonyl (C=O) groups is 1. The Labute approximate surface area is 113 Å². The van der Waals surface area contributed by atoms with E-state index in [1.54, 1.807) is 7.11 Å². The Morgan fingerprint density at radius 1 is 1.42 bits per heavy atom. The molecule has 7 nitrogen and oxygen atoms in total. The predicted octanol–water partition coefficient (Wildman–Crippen LogP) is 0.983. The highest BCUT2D eigenvalue weighted by molar-refractivity contribution is 5.76. The zero-order valence-electron chi connectivity index (χ0n) is 11.8. The average molecular weight is 267 g/mol. The summed E-state index contributed by atoms with van der Waals surface area (Å²) in [4.78, 5) is 19.3. The first-order valence-corrected chi connectivity index (χ1v) is 6.09. The molecule has 0 aromatic carbocycles. The van der Waals surface area contributed by atoms with Gasteiger partial charge in [0.15, 0.2) is 11.6 Å². The van der Waals surface area contributed by atoms with Crippen molar-refractivity contribution in [3.05, 3.63) is 6.33 Å². The molecule has 1 rings (SSSR count). The van der Waals surface area contributed by atoms with E-state index >= 15 is 0 Å². The highest BCUT2D eigenvalue weighted by Crippen LogP contribution is 2.31. The van der Waals surface area contributed by atoms with Crippen molar-refractivity contribution in [3.63, 3.8) is 0 Å². The number of nitrogens with one attached hydrogen (secondary N) is 2. The van der Waals surface area contributed by atoms with Crippen molar-refractivity contribution in [2.75, 3.05) is 24.3 Å². The smallest absolute Gasteiger partial charge is 0.219 e. The molecule has 0 saturated carbocycles. The second-order valence-electron chi connectivity index (χ2n) is 4.79. The van der Waals surface area contributed by atoms with Crippen LogP contribution in [-0.2, 0) is 4.79 Å². The van der Waals surface area contributed by atoms with Gasteiger partial charge < -0.3 is 21.1 Å². The van der Waals surface area contributed by atoms with Crippen molar-refractivity contribution in [1.82, 2.24) is 9.97 Å². The number of hydrogen-bond acceptors (Lipinski definition) is 6. The summed E-state index contributed by atoms with van der Waals surface area (Å²) >= 11 is 0. The number of carbonyl (C=O) groups excluding carboxylic acids is 1. The van der Waals surface area contributed by atoms with E-state index in [-0.39, 0.29) is 12.3 Å². The van der Waals surface area contributed by atoms with Crippen LogP contribution in [0.3, 0.4) is 0 Å². The molecule has 1 aromatic heterocycles. The highest BCUT2D eigenvalue weighted by atomic mass is 16.5. The van der Waals surface area contributed by atoms with Gasteiger partial charge in [0, 0.05) is 18.5 Å². The fraction of sp³-hybridized carbons (Fsp3) is 0.583. The largest absolute Gasteiger partial charge is 0.490 e. The van der Waals surface area contributed by atoms with E-state index in [1.807, 2.05) is 20.8 Å². The van der Waals surface area contributed by atoms with Crippen LogP contribution in [0.1, 0.15) is 27.2 Å². The van der Waals surface area contributed by atoms with Crippen LogP contribution in [0.15, 0.2) is 6.33 Å². The first-order chi connectivity index (χ1) is 8.89. The fourth-order valence-electron chi connectivity index (χ4n) is 1.75. The molecule has 0 saturated heterocycles. The van der Waals surface area contributed by atoms with Crippen LogP contribution in [0, 0.1) is 0 Å². The molecule has 0 aliphatic carbocycles. The summed E-state index contributed by atoms with van der Waals surface area (Å²) in [6.07, 6.45) is 1.62. The van der Waals surface area contributed by atoms with Gasteiger partial charge in [-0.05, 0) is 20.8 Å². The lowest BCUT2D eigenvalue weighted by atomic mass is 10.0. The molecule has 106 valence electrons. The molecule has 0 spiro atoms. The van der Waals surface area contributed by atoms with Gasteiger partial charge in [-0.3, -0.25) is 4.79 Å². The minimum absolute atomic E-state index is 0.191. The lowest BCUT2D eigenvalue weighted by Gasteiger charge is -2.26. The second kappa shape index (κ2) is 6.21. The number of amides is 1. The maximum absolute atomic E-state index is 11.0. The minimum atomic E-state index is -0.517. The summed E-state index contributed by atoms with van der Waals surface area (Å²) < 4.78 is 5.31. The first kappa shape index (κ1) is 15.0. The normalized spacial score (nSPS) is 10.9. The summed E-state index contributed by atoms with van der Waals surface area (Å²) in [6.45, 7) is 6.42. The molecule has 0 bridgehead atoms. The van der Waals surface area contributed by atoms with E-state index < -0.39 is 5.54 Å². The Bertz CT molecular complexity index is 448. The zero-order valence-corrected chi connectivity index (χ0v) is 11.8. The molecule has 0 aliphatic heterocycles. The van der Waals surface area contributed by atoms with Gasteiger partial charge in [-0.1, -0.05) is 0 Å². The van der Waals surface area contributed by atoms with Crippen molar-refractivity contribution in [3.8, 4) is 5.75 Å². The molecule has 1 amide bonds. The van der Waals surface area contributed by atoms with Crippen LogP contribution in [0.25, 0.3) is 0 Å². The third-order valence-corrected chi connectivity index (χ3v) is 2.43. The van der Waals surface area contributed by atoms with Gasteiger partial charge in [-0.2, -0.15) is 0 Å². The molecule has 1 heterocycles. The van der Waals surface area contributed by atoms with Crippen LogP contribution in [0.4, 0.5) is 11.6 Å². The monoisotopic (exact) mass is 267 g/mol. The fourth-order valence-corrected chi connectivity index (χ4v) is 1.75. The number of anilines is 2. The molecule has 19 heavy (non-hydrogen) atoms. The van der Waals surface area contributed by atoms with Gasteiger partial charge in [-0.25, -0.2) is 9.97 Å². The van der Waals surface area contributed by atoms with Crippen LogP contribution in [0.2, 0.25) is 0 Å². The number of primary amides is 1. The molecule has 0 radical (unpaired) electrons. The van der Waals surface area contributed by atoms with Gasteiger partial charge in [0.05, 0.1) is 7.11 Å². The quantitative estimate of drug-likeness (QED) is 0.680. The van der Waals surface area contributed by atoms with E-state index in [1.165, 1.54) is 6.33 Å². The third-order valence-electron chi connectivity index (χ3n) is 2.43. The molecule has 0 atom stereocenters. The summed E-state index contributed by atoms with van der Waals surface area (Å²) in [5, 5.41) is 6.24. The van der Waals surface area contributed by atoms with E-state index in [9.17, 15) is 4.79 Å². The summed E-state index contributed by atoms with van der Waals surface area (Å²) in [7, 11) is 1.55. The molecule has 7 heteroatoms. The molecular weight excluding hydrogens is 246 g/mol. The van der Waals surface area contributed by atoms with Gasteiger partial charge in [0.2, 0.25) is 11.7 Å². The van der Waals surface area contributed by atoms with Crippen LogP contribution >= 0.6 is 0 Å². The number of nitrogens with zero attached hydrogens (tertiary/aromatic N) is 2. The number of nitrogens with two attached hydrogens (primary N) is 1. The van der Waals surface area contributed by atoms with Gasteiger partial charge in [-0.15, -0.1) is 0 Å². The molecule has 0 aliphatic rings. The number of methoxy groups -OCH3 is 1. The standard InChI is InChI=1S/C12H21N5O2/c1-5-14-10-9(19-4)11(16-7-15-10)17-12(2,3)6-8(13)18/h7H,5-6H2,1-4H3,(H2,13,18)(H2,14,15,16,17). The van der Waals surface area contributed by atoms with Gasteiger partial charge in [0.1, 0.15) is 6.33 Å². The maximum atomic E-state index is 11.0. The highest BCUT2D eigenvalue weighted by Gasteiger charge is 2.23. The topological polar surface area (TPSA) is 102 Å². The van der Waals surface area contributed by atoms with E-state index in [0.29, 0.717) is 17.4 Å². The minimum Gasteiger partial charge on any atom is -0.490 e. The van der Waals surface area contributed by atoms with Crippen molar-refractivity contribution < 1.29 is 9.53 Å². The Balaban J connectivity index is 3.00. The summed E-state index contributed by atoms with van der Waals surface area (Å²) in [5.41, 5.74) is 4.71. The Morgan fingerprint density at radius 3 is 2.58 bits per heavy atom. The first-order valence-electron chi connectivity index (χ1n) is 6.09. The molecule has 0 fully saturated rings. The van der Waals surface area contributed by atoms with Crippen LogP contribution in [0.5, 0.6) is 5.75 Å². The summed E-state index contributed by atoms with van der Waals surface area (Å²) in [5.74, 6) is 1.27. The van der Waals surface area contributed by atoms with Crippen LogP contribution < -0.4 is 21.1 Å². The van der Waals surface area contributed by atoms with Gasteiger partial charge >= 0.3 is 0 Å². The van der Waals surface area contributed by atoms with Gasteiger partial charge in [0.25, 0.3) is 0 Å². The molecule has 4 N–H and O–H groups in total. The number of hydrogen-bond donors (Lipinski definition) is 3. The van der Waals surface area contributed by atoms with E-state index in [2.05, 4.69) is 20.6 Å². The zero-order chi connectivity index (χ0) is 14.5. The Kier molecular flexibility index (Phi) is 4.91. The Hall–Kier alpha value is -2.05. The molecular formula is C12H21N5O2. The predicted molar refractivity (Wildman–Crippen MR) is 74.3 cm³/mol. The van der Waals surface area contributed by atoms with Crippen molar-refractivity contribution in [1.29, 1.82) is 0 Å². The van der Waals surface area contributed by atoms with Crippen LogP contribution in [-0.4, -0.2) is 35.1 Å².